The molecule has 33 heavy (non-hydrogen) atoms. The van der Waals surface area contributed by atoms with Crippen LogP contribution in [0.15, 0.2) is 42.5 Å². The number of alkyl carbamates (subject to hydrolysis) is 1. The van der Waals surface area contributed by atoms with Crippen LogP contribution in [0.5, 0.6) is 0 Å². The normalized spacial score (nSPS) is 31.2. The monoisotopic (exact) mass is 442 g/mol. The van der Waals surface area contributed by atoms with Gasteiger partial charge in [0.1, 0.15) is 6.10 Å². The Morgan fingerprint density at radius 1 is 0.939 bits per heavy atom. The maximum absolute atomic E-state index is 13.0. The highest BCUT2D eigenvalue weighted by Crippen LogP contribution is 2.61. The van der Waals surface area contributed by atoms with Gasteiger partial charge >= 0.3 is 6.09 Å². The SMILES string of the molecule is O=C(NC1c2ccc(-c3ccc(C4CC4)cc3)cc2CCC12CC2)O[C@@H]1CN2CCC1CC2. The first-order valence-corrected chi connectivity index (χ1v) is 13.1. The topological polar surface area (TPSA) is 41.6 Å². The lowest BCUT2D eigenvalue weighted by Crippen LogP contribution is -2.53. The van der Waals surface area contributed by atoms with E-state index < -0.39 is 0 Å². The van der Waals surface area contributed by atoms with Crippen LogP contribution >= 0.6 is 0 Å². The van der Waals surface area contributed by atoms with Crippen molar-refractivity contribution in [3.63, 3.8) is 0 Å². The van der Waals surface area contributed by atoms with Crippen LogP contribution in [0.1, 0.15) is 73.6 Å². The summed E-state index contributed by atoms with van der Waals surface area (Å²) < 4.78 is 6.00. The average Bonchev–Trinajstić information content (AvgIpc) is 3.78. The maximum Gasteiger partial charge on any atom is 0.407 e. The summed E-state index contributed by atoms with van der Waals surface area (Å²) >= 11 is 0. The number of ether oxygens (including phenoxy) is 1. The van der Waals surface area contributed by atoms with Crippen LogP contribution in [0, 0.1) is 11.3 Å². The van der Waals surface area contributed by atoms with E-state index in [-0.39, 0.29) is 23.7 Å². The first-order valence-electron chi connectivity index (χ1n) is 13.1. The van der Waals surface area contributed by atoms with E-state index in [0.29, 0.717) is 5.92 Å². The molecule has 6 aliphatic rings. The molecular formula is C29H34N2O2. The molecule has 2 bridgehead atoms. The quantitative estimate of drug-likeness (QED) is 0.649. The predicted molar refractivity (Wildman–Crippen MR) is 129 cm³/mol. The molecule has 4 heteroatoms. The van der Waals surface area contributed by atoms with E-state index in [9.17, 15) is 4.79 Å². The molecule has 2 aromatic rings. The molecule has 1 unspecified atom stereocenters. The standard InChI is InChI=1S/C29H34N2O2/c32-28(33-26-18-31-15-10-22(26)11-16-31)30-27-25-8-7-23(17-24(25)9-12-29(27)13-14-29)21-5-3-20(4-6-21)19-1-2-19/h3-8,17,19,22,26-27H,1-2,9-16,18H2,(H,30,32)/t26-,27?/m1/s1. The van der Waals surface area contributed by atoms with Gasteiger partial charge in [0, 0.05) is 6.54 Å². The van der Waals surface area contributed by atoms with Gasteiger partial charge in [0.15, 0.2) is 0 Å². The molecule has 2 atom stereocenters. The minimum atomic E-state index is -0.211. The molecule has 1 amide bonds. The summed E-state index contributed by atoms with van der Waals surface area (Å²) in [5.41, 5.74) is 7.01. The van der Waals surface area contributed by atoms with Crippen LogP contribution in [0.3, 0.4) is 0 Å². The molecule has 172 valence electrons. The Morgan fingerprint density at radius 2 is 1.70 bits per heavy atom. The van der Waals surface area contributed by atoms with E-state index in [4.69, 9.17) is 4.74 Å². The molecular weight excluding hydrogens is 408 g/mol. The first-order chi connectivity index (χ1) is 16.2. The zero-order valence-electron chi connectivity index (χ0n) is 19.4. The van der Waals surface area contributed by atoms with Crippen molar-refractivity contribution in [1.29, 1.82) is 0 Å². The number of fused-ring (bicyclic) bond motifs is 4. The second-order valence-electron chi connectivity index (χ2n) is 11.3. The molecule has 3 aliphatic heterocycles. The van der Waals surface area contributed by atoms with Gasteiger partial charge in [0.25, 0.3) is 0 Å². The fraction of sp³-hybridized carbons (Fsp3) is 0.552. The van der Waals surface area contributed by atoms with Crippen molar-refractivity contribution < 1.29 is 9.53 Å². The summed E-state index contributed by atoms with van der Waals surface area (Å²) in [6, 6.07) is 16.1. The molecule has 0 radical (unpaired) electrons. The van der Waals surface area contributed by atoms with Gasteiger partial charge in [0.05, 0.1) is 6.04 Å². The van der Waals surface area contributed by atoms with Crippen LogP contribution in [-0.4, -0.2) is 36.7 Å². The number of hydrogen-bond donors (Lipinski definition) is 1. The van der Waals surface area contributed by atoms with Crippen LogP contribution in [0.4, 0.5) is 4.79 Å². The lowest BCUT2D eigenvalue weighted by molar-refractivity contribution is -0.0347. The second kappa shape index (κ2) is 7.59. The van der Waals surface area contributed by atoms with Crippen LogP contribution in [0.2, 0.25) is 0 Å². The Morgan fingerprint density at radius 3 is 2.36 bits per heavy atom. The van der Waals surface area contributed by atoms with Gasteiger partial charge in [-0.2, -0.15) is 0 Å². The van der Waals surface area contributed by atoms with Crippen molar-refractivity contribution >= 4 is 6.09 Å². The number of piperidine rings is 3. The molecule has 1 N–H and O–H groups in total. The van der Waals surface area contributed by atoms with Gasteiger partial charge in [0.2, 0.25) is 0 Å². The van der Waals surface area contributed by atoms with E-state index in [1.54, 1.807) is 0 Å². The van der Waals surface area contributed by atoms with Gasteiger partial charge < -0.3 is 10.1 Å². The molecule has 0 aromatic heterocycles. The van der Waals surface area contributed by atoms with Crippen LogP contribution < -0.4 is 5.32 Å². The number of nitrogens with one attached hydrogen (secondary N) is 1. The third-order valence-corrected chi connectivity index (χ3v) is 9.26. The van der Waals surface area contributed by atoms with Crippen molar-refractivity contribution in [2.24, 2.45) is 11.3 Å². The third kappa shape index (κ3) is 3.67. The number of aryl methyl sites for hydroxylation is 1. The van der Waals surface area contributed by atoms with E-state index >= 15 is 0 Å². The van der Waals surface area contributed by atoms with Crippen molar-refractivity contribution in [2.75, 3.05) is 19.6 Å². The van der Waals surface area contributed by atoms with E-state index in [1.807, 2.05) is 0 Å². The molecule has 3 heterocycles. The highest BCUT2D eigenvalue weighted by Gasteiger charge is 2.53. The second-order valence-corrected chi connectivity index (χ2v) is 11.3. The average molecular weight is 443 g/mol. The zero-order valence-corrected chi connectivity index (χ0v) is 19.4. The number of carbonyl (C=O) groups excluding carboxylic acids is 1. The molecule has 2 aromatic carbocycles. The highest BCUT2D eigenvalue weighted by atomic mass is 16.6. The fourth-order valence-electron chi connectivity index (χ4n) is 6.77. The number of hydrogen-bond acceptors (Lipinski definition) is 3. The lowest BCUT2D eigenvalue weighted by atomic mass is 9.76. The predicted octanol–water partition coefficient (Wildman–Crippen LogP) is 5.82. The molecule has 5 fully saturated rings. The summed E-state index contributed by atoms with van der Waals surface area (Å²) in [6.45, 7) is 3.24. The zero-order chi connectivity index (χ0) is 22.0. The van der Waals surface area contributed by atoms with Crippen LogP contribution in [-0.2, 0) is 11.2 Å². The molecule has 1 spiro atoms. The van der Waals surface area contributed by atoms with Crippen molar-refractivity contribution in [2.45, 2.75) is 69.4 Å². The summed E-state index contributed by atoms with van der Waals surface area (Å²) in [4.78, 5) is 15.4. The molecule has 3 saturated heterocycles. The van der Waals surface area contributed by atoms with Crippen molar-refractivity contribution in [1.82, 2.24) is 10.2 Å². The Hall–Kier alpha value is -2.33. The van der Waals surface area contributed by atoms with Gasteiger partial charge in [-0.25, -0.2) is 4.79 Å². The molecule has 8 rings (SSSR count). The summed E-state index contributed by atoms with van der Waals surface area (Å²) in [5.74, 6) is 1.34. The number of benzene rings is 2. The third-order valence-electron chi connectivity index (χ3n) is 9.26. The molecule has 3 aliphatic carbocycles. The smallest absolute Gasteiger partial charge is 0.407 e. The first kappa shape index (κ1) is 20.1. The van der Waals surface area contributed by atoms with Crippen molar-refractivity contribution in [3.8, 4) is 11.1 Å². The minimum Gasteiger partial charge on any atom is -0.445 e. The maximum atomic E-state index is 13.0. The molecule has 2 saturated carbocycles. The number of amides is 1. The summed E-state index contributed by atoms with van der Waals surface area (Å²) in [5, 5.41) is 3.34. The lowest BCUT2D eigenvalue weighted by Gasteiger charge is -2.44. The van der Waals surface area contributed by atoms with E-state index in [1.165, 1.54) is 66.3 Å². The number of nitrogens with zero attached hydrogens (tertiary/aromatic N) is 1. The van der Waals surface area contributed by atoms with Gasteiger partial charge in [-0.05, 0) is 110 Å². The van der Waals surface area contributed by atoms with E-state index in [2.05, 4.69) is 52.7 Å². The van der Waals surface area contributed by atoms with Gasteiger partial charge in [-0.15, -0.1) is 0 Å². The number of carbonyl (C=O) groups is 1. The Kier molecular flexibility index (Phi) is 4.62. The summed E-state index contributed by atoms with van der Waals surface area (Å²) in [6.07, 6.45) is 9.56. The summed E-state index contributed by atoms with van der Waals surface area (Å²) in [7, 11) is 0. The Labute approximate surface area is 196 Å². The van der Waals surface area contributed by atoms with E-state index in [0.717, 1.165) is 38.4 Å². The molecule has 4 nitrogen and oxygen atoms in total. The van der Waals surface area contributed by atoms with Crippen LogP contribution in [0.25, 0.3) is 11.1 Å². The highest BCUT2D eigenvalue weighted by molar-refractivity contribution is 5.70. The Balaban J connectivity index is 1.10. The number of rotatable bonds is 4. The van der Waals surface area contributed by atoms with Gasteiger partial charge in [-0.1, -0.05) is 42.5 Å². The Bertz CT molecular complexity index is 1060. The fourth-order valence-corrected chi connectivity index (χ4v) is 6.77. The van der Waals surface area contributed by atoms with Crippen molar-refractivity contribution in [3.05, 3.63) is 59.2 Å². The largest absolute Gasteiger partial charge is 0.445 e. The van der Waals surface area contributed by atoms with Gasteiger partial charge in [-0.3, -0.25) is 4.90 Å². The minimum absolute atomic E-state index is 0.0618.